The molecule has 1 aromatic carbocycles. The second-order valence-electron chi connectivity index (χ2n) is 5.83. The van der Waals surface area contributed by atoms with E-state index in [-0.39, 0.29) is 17.7 Å². The molecule has 136 valence electrons. The number of methoxy groups -OCH3 is 1. The molecular weight excluding hydrogens is 336 g/mol. The van der Waals surface area contributed by atoms with Crippen molar-refractivity contribution in [2.75, 3.05) is 25.6 Å². The molecule has 26 heavy (non-hydrogen) atoms. The van der Waals surface area contributed by atoms with Gasteiger partial charge in [-0.2, -0.15) is 0 Å². The normalized spacial score (nSPS) is 16.1. The molecule has 1 unspecified atom stereocenters. The van der Waals surface area contributed by atoms with Crippen LogP contribution in [0.3, 0.4) is 0 Å². The zero-order chi connectivity index (χ0) is 18.4. The van der Waals surface area contributed by atoms with E-state index in [0.29, 0.717) is 23.6 Å². The summed E-state index contributed by atoms with van der Waals surface area (Å²) in [4.78, 5) is 32.0. The van der Waals surface area contributed by atoms with Gasteiger partial charge in [0.05, 0.1) is 18.8 Å². The molecule has 1 aromatic heterocycles. The first-order chi connectivity index (χ1) is 12.7. The molecule has 0 spiro atoms. The van der Waals surface area contributed by atoms with E-state index in [9.17, 15) is 9.59 Å². The molecule has 1 amide bonds. The Morgan fingerprint density at radius 1 is 1.31 bits per heavy atom. The molecule has 0 aliphatic carbocycles. The van der Waals surface area contributed by atoms with Crippen molar-refractivity contribution in [2.24, 2.45) is 0 Å². The predicted molar refractivity (Wildman–Crippen MR) is 94.4 cm³/mol. The van der Waals surface area contributed by atoms with Gasteiger partial charge in [0.1, 0.15) is 17.8 Å². The maximum absolute atomic E-state index is 12.2. The van der Waals surface area contributed by atoms with Crippen LogP contribution in [0.4, 0.5) is 11.5 Å². The maximum Gasteiger partial charge on any atom is 0.337 e. The fraction of sp³-hybridized carbons (Fsp3) is 0.333. The van der Waals surface area contributed by atoms with Gasteiger partial charge in [-0.05, 0) is 31.0 Å². The highest BCUT2D eigenvalue weighted by atomic mass is 16.5. The minimum absolute atomic E-state index is 0.0689. The zero-order valence-corrected chi connectivity index (χ0v) is 14.4. The lowest BCUT2D eigenvalue weighted by molar-refractivity contribution is 0.0600. The van der Waals surface area contributed by atoms with Crippen molar-refractivity contribution in [1.82, 2.24) is 15.3 Å². The van der Waals surface area contributed by atoms with Crippen LogP contribution < -0.4 is 10.6 Å². The Kier molecular flexibility index (Phi) is 5.75. The van der Waals surface area contributed by atoms with E-state index >= 15 is 0 Å². The van der Waals surface area contributed by atoms with Crippen LogP contribution in [0, 0.1) is 0 Å². The van der Waals surface area contributed by atoms with Gasteiger partial charge in [-0.25, -0.2) is 14.8 Å². The Hall–Kier alpha value is -3.00. The number of carbonyl (C=O) groups is 2. The summed E-state index contributed by atoms with van der Waals surface area (Å²) in [6.45, 7) is 1.21. The van der Waals surface area contributed by atoms with E-state index in [2.05, 4.69) is 20.6 Å². The average molecular weight is 356 g/mol. The molecular formula is C18H20N4O4. The highest BCUT2D eigenvalue weighted by Crippen LogP contribution is 2.17. The summed E-state index contributed by atoms with van der Waals surface area (Å²) in [5.74, 6) is -0.260. The fourth-order valence-corrected chi connectivity index (χ4v) is 2.64. The summed E-state index contributed by atoms with van der Waals surface area (Å²) in [7, 11) is 1.33. The summed E-state index contributed by atoms with van der Waals surface area (Å²) in [6, 6.07) is 8.36. The monoisotopic (exact) mass is 356 g/mol. The minimum atomic E-state index is -0.425. The van der Waals surface area contributed by atoms with Crippen LogP contribution >= 0.6 is 0 Å². The molecule has 1 aliphatic heterocycles. The molecule has 8 heteroatoms. The maximum atomic E-state index is 12.2. The number of nitrogens with one attached hydrogen (secondary N) is 2. The number of esters is 1. The number of nitrogens with zero attached hydrogens (tertiary/aromatic N) is 2. The summed E-state index contributed by atoms with van der Waals surface area (Å²) < 4.78 is 10.2. The molecule has 8 nitrogen and oxygen atoms in total. The lowest BCUT2D eigenvalue weighted by Gasteiger charge is -2.11. The molecule has 0 radical (unpaired) electrons. The molecule has 2 N–H and O–H groups in total. The van der Waals surface area contributed by atoms with Gasteiger partial charge < -0.3 is 20.1 Å². The summed E-state index contributed by atoms with van der Waals surface area (Å²) >= 11 is 0. The number of hydrogen-bond acceptors (Lipinski definition) is 7. The number of amides is 1. The van der Waals surface area contributed by atoms with Crippen molar-refractivity contribution >= 4 is 23.4 Å². The Bertz CT molecular complexity index is 790. The third-order valence-corrected chi connectivity index (χ3v) is 3.97. The van der Waals surface area contributed by atoms with Crippen LogP contribution in [0.5, 0.6) is 0 Å². The molecule has 1 saturated heterocycles. The van der Waals surface area contributed by atoms with E-state index in [1.54, 1.807) is 30.3 Å². The molecule has 0 bridgehead atoms. The molecule has 1 atom stereocenters. The van der Waals surface area contributed by atoms with Gasteiger partial charge in [0.2, 0.25) is 0 Å². The Morgan fingerprint density at radius 3 is 2.96 bits per heavy atom. The highest BCUT2D eigenvalue weighted by molar-refractivity contribution is 5.93. The Balaban J connectivity index is 1.65. The van der Waals surface area contributed by atoms with Crippen LogP contribution in [0.2, 0.25) is 0 Å². The summed E-state index contributed by atoms with van der Waals surface area (Å²) in [5, 5.41) is 5.87. The first-order valence-electron chi connectivity index (χ1n) is 8.33. The van der Waals surface area contributed by atoms with Gasteiger partial charge in [-0.15, -0.1) is 0 Å². The van der Waals surface area contributed by atoms with Crippen LogP contribution in [0.25, 0.3) is 0 Å². The fourth-order valence-electron chi connectivity index (χ4n) is 2.64. The zero-order valence-electron chi connectivity index (χ0n) is 14.4. The Labute approximate surface area is 150 Å². The number of rotatable bonds is 6. The van der Waals surface area contributed by atoms with E-state index in [4.69, 9.17) is 9.47 Å². The third kappa shape index (κ3) is 4.54. The third-order valence-electron chi connectivity index (χ3n) is 3.97. The highest BCUT2D eigenvalue weighted by Gasteiger charge is 2.17. The summed E-state index contributed by atoms with van der Waals surface area (Å²) in [5.41, 5.74) is 1.32. The van der Waals surface area contributed by atoms with Crippen molar-refractivity contribution < 1.29 is 19.1 Å². The number of aromatic nitrogens is 2. The van der Waals surface area contributed by atoms with Crippen LogP contribution in [-0.2, 0) is 9.47 Å². The number of ether oxygens (including phenoxy) is 2. The van der Waals surface area contributed by atoms with Crippen LogP contribution in [0.1, 0.15) is 33.7 Å². The average Bonchev–Trinajstić information content (AvgIpc) is 3.19. The van der Waals surface area contributed by atoms with E-state index in [1.165, 1.54) is 13.4 Å². The van der Waals surface area contributed by atoms with Gasteiger partial charge in [0.15, 0.2) is 0 Å². The topological polar surface area (TPSA) is 102 Å². The predicted octanol–water partition coefficient (Wildman–Crippen LogP) is 1.92. The lowest BCUT2D eigenvalue weighted by Crippen LogP contribution is -2.32. The minimum Gasteiger partial charge on any atom is -0.465 e. The molecule has 1 fully saturated rings. The van der Waals surface area contributed by atoms with Crippen molar-refractivity contribution in [1.29, 1.82) is 0 Å². The van der Waals surface area contributed by atoms with Gasteiger partial charge in [-0.1, -0.05) is 6.07 Å². The van der Waals surface area contributed by atoms with Crippen molar-refractivity contribution in [3.63, 3.8) is 0 Å². The Morgan fingerprint density at radius 2 is 2.19 bits per heavy atom. The quantitative estimate of drug-likeness (QED) is 0.762. The van der Waals surface area contributed by atoms with Gasteiger partial charge in [0.25, 0.3) is 5.91 Å². The van der Waals surface area contributed by atoms with Gasteiger partial charge in [0, 0.05) is 24.9 Å². The SMILES string of the molecule is COC(=O)c1cccc(Nc2cc(C(=O)NCC3CCCO3)ncn2)c1. The van der Waals surface area contributed by atoms with Gasteiger partial charge >= 0.3 is 5.97 Å². The molecule has 2 heterocycles. The number of benzene rings is 1. The first-order valence-corrected chi connectivity index (χ1v) is 8.33. The second-order valence-corrected chi connectivity index (χ2v) is 5.83. The smallest absolute Gasteiger partial charge is 0.337 e. The van der Waals surface area contributed by atoms with E-state index < -0.39 is 5.97 Å². The molecule has 1 aliphatic rings. The van der Waals surface area contributed by atoms with Crippen molar-refractivity contribution in [3.8, 4) is 0 Å². The number of hydrogen-bond donors (Lipinski definition) is 2. The van der Waals surface area contributed by atoms with E-state index in [0.717, 1.165) is 19.4 Å². The van der Waals surface area contributed by atoms with Gasteiger partial charge in [-0.3, -0.25) is 4.79 Å². The van der Waals surface area contributed by atoms with Crippen molar-refractivity contribution in [3.05, 3.63) is 47.9 Å². The number of anilines is 2. The number of carbonyl (C=O) groups excluding carboxylic acids is 2. The lowest BCUT2D eigenvalue weighted by atomic mass is 10.2. The first kappa shape index (κ1) is 17.8. The van der Waals surface area contributed by atoms with Crippen LogP contribution in [-0.4, -0.2) is 48.2 Å². The molecule has 2 aromatic rings. The molecule has 3 rings (SSSR count). The van der Waals surface area contributed by atoms with E-state index in [1.807, 2.05) is 0 Å². The summed E-state index contributed by atoms with van der Waals surface area (Å²) in [6.07, 6.45) is 3.35. The van der Waals surface area contributed by atoms with Crippen LogP contribution in [0.15, 0.2) is 36.7 Å². The van der Waals surface area contributed by atoms with Crippen molar-refractivity contribution in [2.45, 2.75) is 18.9 Å². The molecule has 0 saturated carbocycles. The standard InChI is InChI=1S/C18H20N4O4/c1-25-18(24)12-4-2-5-13(8-12)22-16-9-15(20-11-21-16)17(23)19-10-14-6-3-7-26-14/h2,4-5,8-9,11,14H,3,6-7,10H2,1H3,(H,19,23)(H,20,21,22). The largest absolute Gasteiger partial charge is 0.465 e. The second kappa shape index (κ2) is 8.39.